The van der Waals surface area contributed by atoms with Gasteiger partial charge in [-0.05, 0) is 39.5 Å². The molecule has 3 nitrogen and oxygen atoms in total. The summed E-state index contributed by atoms with van der Waals surface area (Å²) >= 11 is 0. The lowest BCUT2D eigenvalue weighted by Gasteiger charge is -2.34. The van der Waals surface area contributed by atoms with Gasteiger partial charge in [-0.3, -0.25) is 4.90 Å². The van der Waals surface area contributed by atoms with Gasteiger partial charge in [-0.1, -0.05) is 19.3 Å². The summed E-state index contributed by atoms with van der Waals surface area (Å²) in [5, 5.41) is 8.87. The van der Waals surface area contributed by atoms with Crippen LogP contribution in [0, 0.1) is 11.3 Å². The van der Waals surface area contributed by atoms with Crippen LogP contribution in [0.15, 0.2) is 0 Å². The molecule has 2 aliphatic rings. The topological polar surface area (TPSA) is 36.3 Å². The van der Waals surface area contributed by atoms with Crippen molar-refractivity contribution >= 4 is 0 Å². The molecular formula is C15H26N2O. The SMILES string of the molecule is CC(C)N(CC#N)CC1CCC2(CCCCC2)O1. The molecule has 2 rings (SSSR count). The van der Waals surface area contributed by atoms with Crippen LogP contribution in [0.1, 0.15) is 58.8 Å². The Labute approximate surface area is 111 Å². The molecule has 1 heterocycles. The summed E-state index contributed by atoms with van der Waals surface area (Å²) in [5.74, 6) is 0. The molecule has 0 N–H and O–H groups in total. The molecule has 0 amide bonds. The standard InChI is InChI=1S/C15H26N2O/c1-13(2)17(11-10-16)12-14-6-9-15(18-14)7-4-3-5-8-15/h13-14H,3-9,11-12H2,1-2H3. The summed E-state index contributed by atoms with van der Waals surface area (Å²) in [7, 11) is 0. The number of rotatable bonds is 4. The predicted molar refractivity (Wildman–Crippen MR) is 72.2 cm³/mol. The van der Waals surface area contributed by atoms with E-state index in [2.05, 4.69) is 24.8 Å². The molecule has 1 aliphatic heterocycles. The van der Waals surface area contributed by atoms with Gasteiger partial charge in [0, 0.05) is 12.6 Å². The van der Waals surface area contributed by atoms with Crippen molar-refractivity contribution in [3.05, 3.63) is 0 Å². The fraction of sp³-hybridized carbons (Fsp3) is 0.933. The quantitative estimate of drug-likeness (QED) is 0.719. The summed E-state index contributed by atoms with van der Waals surface area (Å²) in [4.78, 5) is 2.23. The Morgan fingerprint density at radius 3 is 2.61 bits per heavy atom. The maximum atomic E-state index is 8.87. The molecule has 1 aliphatic carbocycles. The molecule has 0 aromatic carbocycles. The van der Waals surface area contributed by atoms with Gasteiger partial charge in [-0.15, -0.1) is 0 Å². The van der Waals surface area contributed by atoms with E-state index in [1.54, 1.807) is 0 Å². The summed E-state index contributed by atoms with van der Waals surface area (Å²) in [6.07, 6.45) is 9.30. The van der Waals surface area contributed by atoms with Gasteiger partial charge >= 0.3 is 0 Å². The molecule has 0 aromatic rings. The van der Waals surface area contributed by atoms with Crippen LogP contribution in [0.25, 0.3) is 0 Å². The average Bonchev–Trinajstić information content (AvgIpc) is 2.72. The first-order chi connectivity index (χ1) is 8.65. The van der Waals surface area contributed by atoms with Crippen molar-refractivity contribution in [1.82, 2.24) is 4.90 Å². The largest absolute Gasteiger partial charge is 0.370 e. The third-order valence-corrected chi connectivity index (χ3v) is 4.55. The Morgan fingerprint density at radius 2 is 2.00 bits per heavy atom. The molecule has 2 fully saturated rings. The third kappa shape index (κ3) is 3.24. The van der Waals surface area contributed by atoms with Gasteiger partial charge in [-0.25, -0.2) is 0 Å². The first-order valence-corrected chi connectivity index (χ1v) is 7.44. The fourth-order valence-corrected chi connectivity index (χ4v) is 3.40. The first kappa shape index (κ1) is 13.8. The Kier molecular flexibility index (Phi) is 4.64. The number of hydrogen-bond acceptors (Lipinski definition) is 3. The summed E-state index contributed by atoms with van der Waals surface area (Å²) < 4.78 is 6.37. The normalized spacial score (nSPS) is 26.9. The lowest BCUT2D eigenvalue weighted by Crippen LogP contribution is -2.39. The van der Waals surface area contributed by atoms with Crippen LogP contribution < -0.4 is 0 Å². The van der Waals surface area contributed by atoms with Crippen molar-refractivity contribution in [2.24, 2.45) is 0 Å². The monoisotopic (exact) mass is 250 g/mol. The van der Waals surface area contributed by atoms with E-state index in [1.807, 2.05) is 0 Å². The maximum Gasteiger partial charge on any atom is 0.0869 e. The van der Waals surface area contributed by atoms with E-state index in [9.17, 15) is 0 Å². The molecule has 0 radical (unpaired) electrons. The van der Waals surface area contributed by atoms with Crippen molar-refractivity contribution in [3.63, 3.8) is 0 Å². The van der Waals surface area contributed by atoms with Gasteiger partial charge in [0.2, 0.25) is 0 Å². The Bertz CT molecular complexity index is 302. The second-order valence-corrected chi connectivity index (χ2v) is 6.20. The van der Waals surface area contributed by atoms with Gasteiger partial charge in [0.05, 0.1) is 24.3 Å². The first-order valence-electron chi connectivity index (χ1n) is 7.44. The van der Waals surface area contributed by atoms with Crippen LogP contribution in [0.3, 0.4) is 0 Å². The Hall–Kier alpha value is -0.590. The molecule has 0 bridgehead atoms. The van der Waals surface area contributed by atoms with Crippen molar-refractivity contribution in [2.75, 3.05) is 13.1 Å². The van der Waals surface area contributed by atoms with Gasteiger partial charge in [0.15, 0.2) is 0 Å². The Balaban J connectivity index is 1.86. The van der Waals surface area contributed by atoms with E-state index in [-0.39, 0.29) is 5.60 Å². The van der Waals surface area contributed by atoms with Crippen LogP contribution in [0.2, 0.25) is 0 Å². The van der Waals surface area contributed by atoms with E-state index in [0.717, 1.165) is 6.54 Å². The van der Waals surface area contributed by atoms with Gasteiger partial charge in [0.1, 0.15) is 0 Å². The molecule has 3 heteroatoms. The zero-order valence-corrected chi connectivity index (χ0v) is 11.8. The summed E-state index contributed by atoms with van der Waals surface area (Å²) in [6.45, 7) is 5.75. The smallest absolute Gasteiger partial charge is 0.0869 e. The molecule has 102 valence electrons. The van der Waals surface area contributed by atoms with Crippen LogP contribution in [-0.4, -0.2) is 35.7 Å². The molecule has 1 atom stereocenters. The minimum absolute atomic E-state index is 0.207. The van der Waals surface area contributed by atoms with Crippen molar-refractivity contribution in [3.8, 4) is 6.07 Å². The highest BCUT2D eigenvalue weighted by atomic mass is 16.5. The zero-order chi connectivity index (χ0) is 13.0. The van der Waals surface area contributed by atoms with Crippen LogP contribution in [0.5, 0.6) is 0 Å². The molecule has 1 saturated heterocycles. The minimum Gasteiger partial charge on any atom is -0.370 e. The highest BCUT2D eigenvalue weighted by Crippen LogP contribution is 2.42. The van der Waals surface area contributed by atoms with Gasteiger partial charge in [-0.2, -0.15) is 5.26 Å². The third-order valence-electron chi connectivity index (χ3n) is 4.55. The lowest BCUT2D eigenvalue weighted by molar-refractivity contribution is -0.0728. The van der Waals surface area contributed by atoms with Crippen molar-refractivity contribution < 1.29 is 4.74 Å². The number of ether oxygens (including phenoxy) is 1. The van der Waals surface area contributed by atoms with E-state index in [4.69, 9.17) is 10.00 Å². The van der Waals surface area contributed by atoms with Crippen LogP contribution >= 0.6 is 0 Å². The van der Waals surface area contributed by atoms with Gasteiger partial charge in [0.25, 0.3) is 0 Å². The average molecular weight is 250 g/mol. The van der Waals surface area contributed by atoms with E-state index in [0.29, 0.717) is 18.7 Å². The molecule has 18 heavy (non-hydrogen) atoms. The van der Waals surface area contributed by atoms with E-state index >= 15 is 0 Å². The van der Waals surface area contributed by atoms with E-state index < -0.39 is 0 Å². The highest BCUT2D eigenvalue weighted by Gasteiger charge is 2.41. The van der Waals surface area contributed by atoms with E-state index in [1.165, 1.54) is 44.9 Å². The fourth-order valence-electron chi connectivity index (χ4n) is 3.40. The molecule has 1 spiro atoms. The zero-order valence-electron chi connectivity index (χ0n) is 11.8. The maximum absolute atomic E-state index is 8.87. The predicted octanol–water partition coefficient (Wildman–Crippen LogP) is 3.10. The highest BCUT2D eigenvalue weighted by molar-refractivity contribution is 4.93. The summed E-state index contributed by atoms with van der Waals surface area (Å²) in [6, 6.07) is 2.69. The number of nitriles is 1. The number of hydrogen-bond donors (Lipinski definition) is 0. The molecule has 1 saturated carbocycles. The molecule has 1 unspecified atom stereocenters. The van der Waals surface area contributed by atoms with Crippen molar-refractivity contribution in [1.29, 1.82) is 5.26 Å². The van der Waals surface area contributed by atoms with Crippen LogP contribution in [-0.2, 0) is 4.74 Å². The second-order valence-electron chi connectivity index (χ2n) is 6.20. The summed E-state index contributed by atoms with van der Waals surface area (Å²) in [5.41, 5.74) is 0.207. The molecular weight excluding hydrogens is 224 g/mol. The Morgan fingerprint density at radius 1 is 1.28 bits per heavy atom. The number of nitrogens with zero attached hydrogens (tertiary/aromatic N) is 2. The second kappa shape index (κ2) is 6.04. The molecule has 0 aromatic heterocycles. The van der Waals surface area contributed by atoms with Gasteiger partial charge < -0.3 is 4.74 Å². The van der Waals surface area contributed by atoms with Crippen LogP contribution in [0.4, 0.5) is 0 Å². The van der Waals surface area contributed by atoms with Crippen molar-refractivity contribution in [2.45, 2.75) is 76.5 Å². The lowest BCUT2D eigenvalue weighted by atomic mass is 9.83. The minimum atomic E-state index is 0.207.